The third-order valence-electron chi connectivity index (χ3n) is 4.08. The van der Waals surface area contributed by atoms with Gasteiger partial charge in [-0.2, -0.15) is 0 Å². The van der Waals surface area contributed by atoms with Gasteiger partial charge in [0, 0.05) is 6.04 Å². The van der Waals surface area contributed by atoms with Gasteiger partial charge in [0.2, 0.25) is 5.91 Å². The summed E-state index contributed by atoms with van der Waals surface area (Å²) in [6, 6.07) is 6.23. The summed E-state index contributed by atoms with van der Waals surface area (Å²) in [5.41, 5.74) is 0.703. The number of urea groups is 1. The largest absolute Gasteiger partial charge is 0.449 e. The first-order chi connectivity index (χ1) is 12.0. The molecule has 8 heteroatoms. The maximum Gasteiger partial charge on any atom is 0.339 e. The first kappa shape index (κ1) is 16.9. The van der Waals surface area contributed by atoms with Crippen LogP contribution in [0.4, 0.5) is 4.79 Å². The average molecular weight is 345 g/mol. The molecule has 25 heavy (non-hydrogen) atoms. The summed E-state index contributed by atoms with van der Waals surface area (Å²) in [5.74, 6) is -1.35. The van der Waals surface area contributed by atoms with Crippen molar-refractivity contribution in [3.63, 3.8) is 0 Å². The van der Waals surface area contributed by atoms with Gasteiger partial charge in [0.25, 0.3) is 5.91 Å². The van der Waals surface area contributed by atoms with E-state index in [1.807, 2.05) is 0 Å². The minimum absolute atomic E-state index is 0.0292. The lowest BCUT2D eigenvalue weighted by molar-refractivity contribution is -0.129. The minimum Gasteiger partial charge on any atom is -0.449 e. The maximum atomic E-state index is 12.4. The number of carbonyl (C=O) groups excluding carboxylic acids is 4. The Bertz CT molecular complexity index is 713. The van der Waals surface area contributed by atoms with Gasteiger partial charge in [0.1, 0.15) is 0 Å². The fraction of sp³-hybridized carbons (Fsp3) is 0.412. The molecule has 0 spiro atoms. The Morgan fingerprint density at radius 1 is 1.32 bits per heavy atom. The van der Waals surface area contributed by atoms with E-state index in [0.717, 1.165) is 17.7 Å². The second-order valence-electron chi connectivity index (χ2n) is 6.13. The lowest BCUT2D eigenvalue weighted by Gasteiger charge is -2.17. The van der Waals surface area contributed by atoms with Crippen LogP contribution in [0, 0.1) is 0 Å². The topological polar surface area (TPSA) is 105 Å². The number of amides is 4. The highest BCUT2D eigenvalue weighted by molar-refractivity contribution is 6.02. The predicted molar refractivity (Wildman–Crippen MR) is 86.4 cm³/mol. The quantitative estimate of drug-likeness (QED) is 0.579. The maximum absolute atomic E-state index is 12.4. The van der Waals surface area contributed by atoms with Gasteiger partial charge < -0.3 is 15.4 Å². The van der Waals surface area contributed by atoms with Crippen molar-refractivity contribution in [1.82, 2.24) is 15.5 Å². The Labute approximate surface area is 144 Å². The lowest BCUT2D eigenvalue weighted by Crippen LogP contribution is -2.37. The minimum atomic E-state index is -0.919. The average Bonchev–Trinajstić information content (AvgIpc) is 3.35. The lowest BCUT2D eigenvalue weighted by atomic mass is 10.1. The van der Waals surface area contributed by atoms with E-state index < -0.39 is 18.1 Å². The molecule has 1 aliphatic heterocycles. The van der Waals surface area contributed by atoms with Gasteiger partial charge in [-0.25, -0.2) is 9.59 Å². The Balaban J connectivity index is 1.68. The number of nitrogens with zero attached hydrogens (tertiary/aromatic N) is 1. The van der Waals surface area contributed by atoms with Crippen molar-refractivity contribution in [2.75, 3.05) is 6.54 Å². The molecular weight excluding hydrogens is 326 g/mol. The first-order valence-electron chi connectivity index (χ1n) is 8.13. The Kier molecular flexibility index (Phi) is 4.69. The summed E-state index contributed by atoms with van der Waals surface area (Å²) in [5, 5.41) is 5.20. The standard InChI is InChI=1S/C17H19N3O5/c1-10(15(22)19-12-6-7-12)25-16(23)13-5-3-2-4-11(13)9-20-14(21)8-18-17(20)24/h2-5,10,12H,6-9H2,1H3,(H,18,24)(H,19,22). The third-order valence-corrected chi connectivity index (χ3v) is 4.08. The van der Waals surface area contributed by atoms with Crippen molar-refractivity contribution in [2.45, 2.75) is 38.5 Å². The fourth-order valence-electron chi connectivity index (χ4n) is 2.47. The normalized spacial score (nSPS) is 17.9. The monoisotopic (exact) mass is 345 g/mol. The summed E-state index contributed by atoms with van der Waals surface area (Å²) in [4.78, 5) is 48.8. The molecule has 1 aromatic rings. The van der Waals surface area contributed by atoms with Gasteiger partial charge >= 0.3 is 12.0 Å². The first-order valence-corrected chi connectivity index (χ1v) is 8.13. The molecule has 1 heterocycles. The van der Waals surface area contributed by atoms with Crippen LogP contribution in [0.25, 0.3) is 0 Å². The van der Waals surface area contributed by atoms with Gasteiger partial charge in [0.05, 0.1) is 18.7 Å². The van der Waals surface area contributed by atoms with Crippen LogP contribution in [0.2, 0.25) is 0 Å². The Hall–Kier alpha value is -2.90. The zero-order valence-corrected chi connectivity index (χ0v) is 13.8. The van der Waals surface area contributed by atoms with E-state index in [9.17, 15) is 19.2 Å². The molecule has 1 aliphatic carbocycles. The van der Waals surface area contributed by atoms with Crippen molar-refractivity contribution >= 4 is 23.8 Å². The molecule has 3 rings (SSSR count). The van der Waals surface area contributed by atoms with Gasteiger partial charge in [0.15, 0.2) is 6.10 Å². The van der Waals surface area contributed by atoms with Gasteiger partial charge in [-0.15, -0.1) is 0 Å². The third kappa shape index (κ3) is 3.96. The van der Waals surface area contributed by atoms with Crippen molar-refractivity contribution < 1.29 is 23.9 Å². The molecular formula is C17H19N3O5. The second-order valence-corrected chi connectivity index (χ2v) is 6.13. The summed E-state index contributed by atoms with van der Waals surface area (Å²) >= 11 is 0. The summed E-state index contributed by atoms with van der Waals surface area (Å²) < 4.78 is 5.23. The van der Waals surface area contributed by atoms with Crippen LogP contribution < -0.4 is 10.6 Å². The van der Waals surface area contributed by atoms with E-state index in [4.69, 9.17) is 4.74 Å². The van der Waals surface area contributed by atoms with Gasteiger partial charge in [-0.1, -0.05) is 18.2 Å². The van der Waals surface area contributed by atoms with E-state index >= 15 is 0 Å². The molecule has 2 aliphatic rings. The van der Waals surface area contributed by atoms with E-state index in [1.54, 1.807) is 24.3 Å². The molecule has 1 unspecified atom stereocenters. The van der Waals surface area contributed by atoms with Crippen molar-refractivity contribution in [3.05, 3.63) is 35.4 Å². The Morgan fingerprint density at radius 2 is 2.04 bits per heavy atom. The van der Waals surface area contributed by atoms with Crippen LogP contribution in [-0.4, -0.2) is 47.4 Å². The number of rotatable bonds is 6. The predicted octanol–water partition coefficient (Wildman–Crippen LogP) is 0.562. The molecule has 0 bridgehead atoms. The van der Waals surface area contributed by atoms with Crippen LogP contribution in [-0.2, 0) is 20.9 Å². The smallest absolute Gasteiger partial charge is 0.339 e. The molecule has 1 aromatic carbocycles. The van der Waals surface area contributed by atoms with E-state index in [1.165, 1.54) is 6.92 Å². The number of esters is 1. The van der Waals surface area contributed by atoms with Gasteiger partial charge in [-0.05, 0) is 31.4 Å². The van der Waals surface area contributed by atoms with Crippen molar-refractivity contribution in [2.24, 2.45) is 0 Å². The SMILES string of the molecule is CC(OC(=O)c1ccccc1CN1C(=O)CNC1=O)C(=O)NC1CC1. The van der Waals surface area contributed by atoms with Crippen LogP contribution in [0.3, 0.4) is 0 Å². The molecule has 132 valence electrons. The number of imide groups is 1. The van der Waals surface area contributed by atoms with Crippen LogP contribution in [0.5, 0.6) is 0 Å². The number of carbonyl (C=O) groups is 4. The highest BCUT2D eigenvalue weighted by atomic mass is 16.5. The molecule has 1 saturated carbocycles. The fourth-order valence-corrected chi connectivity index (χ4v) is 2.47. The van der Waals surface area contributed by atoms with Crippen molar-refractivity contribution in [1.29, 1.82) is 0 Å². The molecule has 2 N–H and O–H groups in total. The van der Waals surface area contributed by atoms with Crippen molar-refractivity contribution in [3.8, 4) is 0 Å². The number of nitrogens with one attached hydrogen (secondary N) is 2. The summed E-state index contributed by atoms with van der Waals surface area (Å²) in [7, 11) is 0. The second kappa shape index (κ2) is 6.92. The molecule has 0 radical (unpaired) electrons. The molecule has 1 atom stereocenters. The zero-order valence-electron chi connectivity index (χ0n) is 13.8. The summed E-state index contributed by atoms with van der Waals surface area (Å²) in [6.45, 7) is 1.43. The zero-order chi connectivity index (χ0) is 18.0. The Morgan fingerprint density at radius 3 is 2.68 bits per heavy atom. The van der Waals surface area contributed by atoms with Crippen LogP contribution >= 0.6 is 0 Å². The number of ether oxygens (including phenoxy) is 1. The highest BCUT2D eigenvalue weighted by Gasteiger charge is 2.31. The molecule has 8 nitrogen and oxygen atoms in total. The van der Waals surface area contributed by atoms with Crippen LogP contribution in [0.15, 0.2) is 24.3 Å². The number of benzene rings is 1. The number of hydrogen-bond donors (Lipinski definition) is 2. The van der Waals surface area contributed by atoms with Gasteiger partial charge in [-0.3, -0.25) is 14.5 Å². The molecule has 0 aromatic heterocycles. The van der Waals surface area contributed by atoms with Crippen LogP contribution in [0.1, 0.15) is 35.7 Å². The summed E-state index contributed by atoms with van der Waals surface area (Å²) in [6.07, 6.45) is 0.973. The molecule has 1 saturated heterocycles. The van der Waals surface area contributed by atoms with E-state index in [-0.39, 0.29) is 36.5 Å². The van der Waals surface area contributed by atoms with E-state index in [0.29, 0.717) is 5.56 Å². The van der Waals surface area contributed by atoms with E-state index in [2.05, 4.69) is 10.6 Å². The number of hydrogen-bond acceptors (Lipinski definition) is 5. The molecule has 4 amide bonds. The highest BCUT2D eigenvalue weighted by Crippen LogP contribution is 2.19. The molecule has 2 fully saturated rings.